The maximum Gasteiger partial charge on any atom is 0.224 e. The fourth-order valence-corrected chi connectivity index (χ4v) is 2.79. The molecule has 2 aromatic rings. The van der Waals surface area contributed by atoms with Crippen LogP contribution in [0.3, 0.4) is 0 Å². The van der Waals surface area contributed by atoms with Gasteiger partial charge in [-0.05, 0) is 31.5 Å². The predicted molar refractivity (Wildman–Crippen MR) is 80.3 cm³/mol. The summed E-state index contributed by atoms with van der Waals surface area (Å²) in [5, 5.41) is 6.75. The minimum atomic E-state index is -0.0796. The van der Waals surface area contributed by atoms with Gasteiger partial charge >= 0.3 is 0 Å². The van der Waals surface area contributed by atoms with Gasteiger partial charge in [0.25, 0.3) is 0 Å². The van der Waals surface area contributed by atoms with E-state index < -0.39 is 0 Å². The van der Waals surface area contributed by atoms with Gasteiger partial charge in [-0.15, -0.1) is 11.3 Å². The van der Waals surface area contributed by atoms with Crippen LogP contribution in [-0.2, 0) is 11.2 Å². The van der Waals surface area contributed by atoms with Crippen molar-refractivity contribution in [3.8, 4) is 0 Å². The van der Waals surface area contributed by atoms with Gasteiger partial charge in [-0.1, -0.05) is 23.2 Å². The van der Waals surface area contributed by atoms with Crippen molar-refractivity contribution < 1.29 is 4.79 Å². The Labute approximate surface area is 125 Å². The zero-order valence-corrected chi connectivity index (χ0v) is 12.6. The fraction of sp³-hybridized carbons (Fsp3) is 0.231. The van der Waals surface area contributed by atoms with Crippen LogP contribution < -0.4 is 5.32 Å². The van der Waals surface area contributed by atoms with Gasteiger partial charge in [0.05, 0.1) is 10.7 Å². The van der Waals surface area contributed by atoms with Crippen molar-refractivity contribution >= 4 is 46.1 Å². The van der Waals surface area contributed by atoms with Crippen LogP contribution in [0.1, 0.15) is 17.1 Å². The molecule has 0 aliphatic heterocycles. The van der Waals surface area contributed by atoms with E-state index in [1.165, 1.54) is 0 Å². The SMILES string of the molecule is Cc1nc(CCC(=O)Nc2cc(Cl)cc(Cl)c2)cs1. The van der Waals surface area contributed by atoms with E-state index in [4.69, 9.17) is 23.2 Å². The molecule has 0 unspecified atom stereocenters. The average Bonchev–Trinajstić information content (AvgIpc) is 2.71. The number of anilines is 1. The monoisotopic (exact) mass is 314 g/mol. The Hall–Kier alpha value is -1.10. The van der Waals surface area contributed by atoms with Crippen LogP contribution in [0, 0.1) is 6.92 Å². The van der Waals surface area contributed by atoms with Gasteiger partial charge in [-0.2, -0.15) is 0 Å². The summed E-state index contributed by atoms with van der Waals surface area (Å²) in [6, 6.07) is 4.95. The molecule has 19 heavy (non-hydrogen) atoms. The molecule has 2 rings (SSSR count). The molecule has 6 heteroatoms. The number of halogens is 2. The Morgan fingerprint density at radius 1 is 1.32 bits per heavy atom. The molecule has 0 aliphatic rings. The maximum absolute atomic E-state index is 11.8. The maximum atomic E-state index is 11.8. The highest BCUT2D eigenvalue weighted by atomic mass is 35.5. The highest BCUT2D eigenvalue weighted by molar-refractivity contribution is 7.09. The molecular formula is C13H12Cl2N2OS. The molecule has 1 heterocycles. The van der Waals surface area contributed by atoms with Gasteiger partial charge in [0.15, 0.2) is 0 Å². The number of carbonyl (C=O) groups excluding carboxylic acids is 1. The first-order valence-electron chi connectivity index (χ1n) is 5.70. The van der Waals surface area contributed by atoms with Gasteiger partial charge in [-0.25, -0.2) is 4.98 Å². The van der Waals surface area contributed by atoms with E-state index in [2.05, 4.69) is 10.3 Å². The lowest BCUT2D eigenvalue weighted by Crippen LogP contribution is -2.12. The summed E-state index contributed by atoms with van der Waals surface area (Å²) in [6.45, 7) is 1.95. The summed E-state index contributed by atoms with van der Waals surface area (Å²) in [7, 11) is 0. The molecule has 0 radical (unpaired) electrons. The first kappa shape index (κ1) is 14.3. The molecule has 1 N–H and O–H groups in total. The zero-order chi connectivity index (χ0) is 13.8. The standard InChI is InChI=1S/C13H12Cl2N2OS/c1-8-16-11(7-19-8)2-3-13(18)17-12-5-9(14)4-10(15)6-12/h4-7H,2-3H2,1H3,(H,17,18). The molecule has 1 aromatic carbocycles. The van der Waals surface area contributed by atoms with Gasteiger partial charge in [0, 0.05) is 27.5 Å². The zero-order valence-electron chi connectivity index (χ0n) is 10.2. The fourth-order valence-electron chi connectivity index (χ4n) is 1.61. The van der Waals surface area contributed by atoms with Crippen LogP contribution in [0.25, 0.3) is 0 Å². The second-order valence-corrected chi connectivity index (χ2v) is 6.00. The van der Waals surface area contributed by atoms with Gasteiger partial charge in [0.2, 0.25) is 5.91 Å². The summed E-state index contributed by atoms with van der Waals surface area (Å²) in [6.07, 6.45) is 1.01. The van der Waals surface area contributed by atoms with Crippen LogP contribution >= 0.6 is 34.5 Å². The molecule has 0 spiro atoms. The second-order valence-electron chi connectivity index (χ2n) is 4.06. The van der Waals surface area contributed by atoms with Crippen LogP contribution in [0.15, 0.2) is 23.6 Å². The highest BCUT2D eigenvalue weighted by Crippen LogP contribution is 2.22. The number of thiazole rings is 1. The van der Waals surface area contributed by atoms with Crippen molar-refractivity contribution in [1.82, 2.24) is 4.98 Å². The molecule has 0 atom stereocenters. The molecule has 100 valence electrons. The summed E-state index contributed by atoms with van der Waals surface area (Å²) >= 11 is 13.3. The molecule has 1 amide bonds. The van der Waals surface area contributed by atoms with Crippen LogP contribution in [0.5, 0.6) is 0 Å². The quantitative estimate of drug-likeness (QED) is 0.912. The van der Waals surface area contributed by atoms with Gasteiger partial charge in [-0.3, -0.25) is 4.79 Å². The van der Waals surface area contributed by atoms with Crippen molar-refractivity contribution in [3.05, 3.63) is 44.3 Å². The second kappa shape index (κ2) is 6.37. The number of nitrogens with zero attached hydrogens (tertiary/aromatic N) is 1. The molecule has 0 aliphatic carbocycles. The van der Waals surface area contributed by atoms with Crippen LogP contribution in [0.4, 0.5) is 5.69 Å². The number of hydrogen-bond donors (Lipinski definition) is 1. The summed E-state index contributed by atoms with van der Waals surface area (Å²) in [5.74, 6) is -0.0796. The lowest BCUT2D eigenvalue weighted by atomic mass is 10.2. The summed E-state index contributed by atoms with van der Waals surface area (Å²) in [5.41, 5.74) is 1.55. The van der Waals surface area contributed by atoms with E-state index >= 15 is 0 Å². The molecule has 3 nitrogen and oxygen atoms in total. The first-order valence-corrected chi connectivity index (χ1v) is 7.33. The smallest absolute Gasteiger partial charge is 0.224 e. The van der Waals surface area contributed by atoms with Crippen LogP contribution in [-0.4, -0.2) is 10.9 Å². The van der Waals surface area contributed by atoms with E-state index in [0.717, 1.165) is 10.7 Å². The Bertz CT molecular complexity index is 578. The summed E-state index contributed by atoms with van der Waals surface area (Å²) < 4.78 is 0. The Balaban J connectivity index is 1.90. The van der Waals surface area contributed by atoms with E-state index in [1.54, 1.807) is 29.5 Å². The Kier molecular flexibility index (Phi) is 4.80. The number of aryl methyl sites for hydroxylation is 2. The average molecular weight is 315 g/mol. The number of aromatic nitrogens is 1. The molecular weight excluding hydrogens is 303 g/mol. The number of rotatable bonds is 4. The minimum absolute atomic E-state index is 0.0796. The van der Waals surface area contributed by atoms with Crippen molar-refractivity contribution in [3.63, 3.8) is 0 Å². The van der Waals surface area contributed by atoms with E-state index in [0.29, 0.717) is 28.6 Å². The van der Waals surface area contributed by atoms with E-state index in [9.17, 15) is 4.79 Å². The van der Waals surface area contributed by atoms with E-state index in [-0.39, 0.29) is 5.91 Å². The van der Waals surface area contributed by atoms with Crippen LogP contribution in [0.2, 0.25) is 10.0 Å². The summed E-state index contributed by atoms with van der Waals surface area (Å²) in [4.78, 5) is 16.1. The molecule has 0 fully saturated rings. The van der Waals surface area contributed by atoms with Gasteiger partial charge < -0.3 is 5.32 Å². The number of nitrogens with one attached hydrogen (secondary N) is 1. The number of hydrogen-bond acceptors (Lipinski definition) is 3. The largest absolute Gasteiger partial charge is 0.326 e. The van der Waals surface area contributed by atoms with Crippen molar-refractivity contribution in [2.24, 2.45) is 0 Å². The lowest BCUT2D eigenvalue weighted by molar-refractivity contribution is -0.116. The van der Waals surface area contributed by atoms with Crippen molar-refractivity contribution in [2.75, 3.05) is 5.32 Å². The molecule has 0 bridgehead atoms. The van der Waals surface area contributed by atoms with E-state index in [1.807, 2.05) is 12.3 Å². The Morgan fingerprint density at radius 2 is 2.00 bits per heavy atom. The van der Waals surface area contributed by atoms with Crippen molar-refractivity contribution in [2.45, 2.75) is 19.8 Å². The molecule has 1 aromatic heterocycles. The number of carbonyl (C=O) groups is 1. The van der Waals surface area contributed by atoms with Crippen molar-refractivity contribution in [1.29, 1.82) is 0 Å². The normalized spacial score (nSPS) is 10.5. The number of benzene rings is 1. The predicted octanol–water partition coefficient (Wildman–Crippen LogP) is 4.33. The third kappa shape index (κ3) is 4.49. The topological polar surface area (TPSA) is 42.0 Å². The molecule has 0 saturated carbocycles. The third-order valence-electron chi connectivity index (χ3n) is 2.42. The van der Waals surface area contributed by atoms with Gasteiger partial charge in [0.1, 0.15) is 0 Å². The molecule has 0 saturated heterocycles. The minimum Gasteiger partial charge on any atom is -0.326 e. The number of amides is 1. The lowest BCUT2D eigenvalue weighted by Gasteiger charge is -2.05. The Morgan fingerprint density at radius 3 is 2.58 bits per heavy atom. The third-order valence-corrected chi connectivity index (χ3v) is 3.68. The first-order chi connectivity index (χ1) is 9.02. The highest BCUT2D eigenvalue weighted by Gasteiger charge is 2.06.